The molecule has 0 aliphatic heterocycles. The topological polar surface area (TPSA) is 16.3 Å². The number of thiophene rings is 2. The Bertz CT molecular complexity index is 3010. The molecule has 0 aliphatic carbocycles. The minimum Gasteiger partial charge on any atom is -0.308 e. The van der Waals surface area contributed by atoms with Gasteiger partial charge >= 0.3 is 0 Å². The van der Waals surface area contributed by atoms with Crippen LogP contribution in [-0.4, -0.2) is 9.13 Å². The lowest BCUT2D eigenvalue weighted by atomic mass is 10.1. The summed E-state index contributed by atoms with van der Waals surface area (Å²) in [6.07, 6.45) is 0. The predicted octanol–water partition coefficient (Wildman–Crippen LogP) is 16.2. The van der Waals surface area contributed by atoms with E-state index in [1.54, 1.807) is 0 Å². The average molecular weight is 811 g/mol. The SMILES string of the molecule is Cc1cc(C)cc(-n2c3cc4c5sc(N(c6ccccc6)c6ccccc6)cc5n(-c5cc(C)cc(C)c5)c4cc3c3sc(N(c4ccccc4)c4ccccc4)cc32)c1. The summed E-state index contributed by atoms with van der Waals surface area (Å²) in [5, 5.41) is 4.85. The number of fused-ring (bicyclic) bond motifs is 6. The van der Waals surface area contributed by atoms with E-state index in [-0.39, 0.29) is 0 Å². The standard InChI is InChI=1S/C54H42N4S2/c1-35-25-36(2)28-43(27-35)57-47-31-46-48(32-45(47)53-49(57)33-51(59-53)55(39-17-9-5-10-18-39)40-19-11-6-12-20-40)58(44-29-37(3)26-38(4)30-44)50-34-52(60-54(46)50)56(41-21-13-7-14-22-41)42-23-15-8-16-24-42/h5-34H,1-4H3. The van der Waals surface area contributed by atoms with E-state index in [4.69, 9.17) is 0 Å². The summed E-state index contributed by atoms with van der Waals surface area (Å²) in [6.45, 7) is 8.81. The maximum Gasteiger partial charge on any atom is 0.103 e. The quantitative estimate of drug-likeness (QED) is 0.152. The highest BCUT2D eigenvalue weighted by molar-refractivity contribution is 7.24. The van der Waals surface area contributed by atoms with E-state index < -0.39 is 0 Å². The summed E-state index contributed by atoms with van der Waals surface area (Å²) in [7, 11) is 0. The summed E-state index contributed by atoms with van der Waals surface area (Å²) in [5.41, 5.74) is 16.7. The van der Waals surface area contributed by atoms with E-state index in [9.17, 15) is 0 Å². The van der Waals surface area contributed by atoms with Crippen LogP contribution in [0.4, 0.5) is 32.8 Å². The number of anilines is 6. The van der Waals surface area contributed by atoms with Crippen molar-refractivity contribution in [2.45, 2.75) is 27.7 Å². The van der Waals surface area contributed by atoms with Crippen LogP contribution in [0.15, 0.2) is 182 Å². The molecule has 4 nitrogen and oxygen atoms in total. The van der Waals surface area contributed by atoms with E-state index in [0.717, 1.165) is 22.7 Å². The van der Waals surface area contributed by atoms with E-state index >= 15 is 0 Å². The van der Waals surface area contributed by atoms with Gasteiger partial charge in [-0.2, -0.15) is 0 Å². The van der Waals surface area contributed by atoms with Gasteiger partial charge in [-0.3, -0.25) is 0 Å². The molecule has 290 valence electrons. The Hall–Kier alpha value is -6.86. The number of para-hydroxylation sites is 4. The molecule has 4 aromatic heterocycles. The van der Waals surface area contributed by atoms with Crippen molar-refractivity contribution in [1.29, 1.82) is 0 Å². The summed E-state index contributed by atoms with van der Waals surface area (Å²) >= 11 is 3.73. The predicted molar refractivity (Wildman–Crippen MR) is 259 cm³/mol. The molecule has 11 rings (SSSR count). The molecule has 0 spiro atoms. The molecule has 4 heterocycles. The monoisotopic (exact) mass is 810 g/mol. The molecule has 0 aliphatic rings. The van der Waals surface area contributed by atoms with Gasteiger partial charge in [0, 0.05) is 44.9 Å². The first-order valence-electron chi connectivity index (χ1n) is 20.4. The zero-order chi connectivity index (χ0) is 40.5. The molecule has 7 aromatic carbocycles. The molecule has 0 atom stereocenters. The second kappa shape index (κ2) is 14.5. The van der Waals surface area contributed by atoms with Gasteiger partial charge in [0.25, 0.3) is 0 Å². The van der Waals surface area contributed by atoms with Crippen molar-refractivity contribution < 1.29 is 0 Å². The number of rotatable bonds is 8. The van der Waals surface area contributed by atoms with Gasteiger partial charge in [-0.25, -0.2) is 0 Å². The first-order valence-corrected chi connectivity index (χ1v) is 22.0. The van der Waals surface area contributed by atoms with Crippen LogP contribution < -0.4 is 9.80 Å². The summed E-state index contributed by atoms with van der Waals surface area (Å²) in [5.74, 6) is 0. The first kappa shape index (κ1) is 36.2. The summed E-state index contributed by atoms with van der Waals surface area (Å²) < 4.78 is 7.56. The Balaban J connectivity index is 1.23. The van der Waals surface area contributed by atoms with E-state index in [1.165, 1.54) is 85.9 Å². The van der Waals surface area contributed by atoms with Crippen molar-refractivity contribution in [3.63, 3.8) is 0 Å². The number of benzene rings is 7. The van der Waals surface area contributed by atoms with E-state index in [2.05, 4.69) is 229 Å². The largest absolute Gasteiger partial charge is 0.308 e. The minimum absolute atomic E-state index is 1.14. The normalized spacial score (nSPS) is 11.7. The molecule has 6 heteroatoms. The molecule has 0 radical (unpaired) electrons. The van der Waals surface area contributed by atoms with E-state index in [1.807, 2.05) is 22.7 Å². The Morgan fingerprint density at radius 1 is 0.333 bits per heavy atom. The van der Waals surface area contributed by atoms with Gasteiger partial charge < -0.3 is 18.9 Å². The van der Waals surface area contributed by atoms with Crippen molar-refractivity contribution in [2.75, 3.05) is 9.80 Å². The van der Waals surface area contributed by atoms with Gasteiger partial charge in [-0.15, -0.1) is 22.7 Å². The molecule has 0 N–H and O–H groups in total. The molecule has 0 amide bonds. The van der Waals surface area contributed by atoms with Gasteiger partial charge in [0.2, 0.25) is 0 Å². The van der Waals surface area contributed by atoms with Crippen molar-refractivity contribution in [1.82, 2.24) is 9.13 Å². The van der Waals surface area contributed by atoms with Crippen molar-refractivity contribution in [3.05, 3.63) is 204 Å². The Morgan fingerprint density at radius 2 is 0.633 bits per heavy atom. The second-order valence-electron chi connectivity index (χ2n) is 15.9. The average Bonchev–Trinajstić information content (AvgIpc) is 4.00. The van der Waals surface area contributed by atoms with Crippen LogP contribution in [0.2, 0.25) is 0 Å². The van der Waals surface area contributed by atoms with Crippen LogP contribution in [-0.2, 0) is 0 Å². The van der Waals surface area contributed by atoms with Gasteiger partial charge in [0.15, 0.2) is 0 Å². The van der Waals surface area contributed by atoms with Gasteiger partial charge in [-0.05, 0) is 147 Å². The highest BCUT2D eigenvalue weighted by Crippen LogP contribution is 2.50. The number of aromatic nitrogens is 2. The van der Waals surface area contributed by atoms with Gasteiger partial charge in [0.05, 0.1) is 31.5 Å². The lowest BCUT2D eigenvalue weighted by molar-refractivity contribution is 1.15. The maximum atomic E-state index is 2.51. The van der Waals surface area contributed by atoms with E-state index in [0.29, 0.717) is 0 Å². The first-order chi connectivity index (χ1) is 29.4. The summed E-state index contributed by atoms with van der Waals surface area (Å²) in [6, 6.07) is 66.5. The number of aryl methyl sites for hydroxylation is 4. The molecule has 0 saturated heterocycles. The van der Waals surface area contributed by atoms with Crippen LogP contribution in [0.25, 0.3) is 53.6 Å². The second-order valence-corrected chi connectivity index (χ2v) is 17.9. The molecule has 0 unspecified atom stereocenters. The van der Waals surface area contributed by atoms with Crippen molar-refractivity contribution in [3.8, 4) is 11.4 Å². The zero-order valence-corrected chi connectivity index (χ0v) is 35.6. The zero-order valence-electron chi connectivity index (χ0n) is 33.9. The highest BCUT2D eigenvalue weighted by Gasteiger charge is 2.25. The van der Waals surface area contributed by atoms with Crippen LogP contribution in [0.1, 0.15) is 22.3 Å². The van der Waals surface area contributed by atoms with Gasteiger partial charge in [-0.1, -0.05) is 84.9 Å². The Kier molecular flexibility index (Phi) is 8.73. The molecule has 0 saturated carbocycles. The fourth-order valence-electron chi connectivity index (χ4n) is 9.08. The number of nitrogens with zero attached hydrogens (tertiary/aromatic N) is 4. The van der Waals surface area contributed by atoms with Crippen LogP contribution in [0.3, 0.4) is 0 Å². The van der Waals surface area contributed by atoms with Crippen molar-refractivity contribution >= 4 is 97.7 Å². The minimum atomic E-state index is 1.14. The van der Waals surface area contributed by atoms with Crippen LogP contribution >= 0.6 is 22.7 Å². The third-order valence-corrected chi connectivity index (χ3v) is 13.7. The van der Waals surface area contributed by atoms with Gasteiger partial charge in [0.1, 0.15) is 10.0 Å². The van der Waals surface area contributed by atoms with Crippen LogP contribution in [0.5, 0.6) is 0 Å². The summed E-state index contributed by atoms with van der Waals surface area (Å²) in [4.78, 5) is 4.78. The van der Waals surface area contributed by atoms with Crippen LogP contribution in [0, 0.1) is 27.7 Å². The molecule has 11 aromatic rings. The fourth-order valence-corrected chi connectivity index (χ4v) is 11.5. The molecular formula is C54H42N4S2. The number of hydrogen-bond acceptors (Lipinski definition) is 4. The third-order valence-electron chi connectivity index (χ3n) is 11.4. The molecule has 0 bridgehead atoms. The third kappa shape index (κ3) is 6.10. The fraction of sp³-hybridized carbons (Fsp3) is 0.0741. The molecule has 60 heavy (non-hydrogen) atoms. The van der Waals surface area contributed by atoms with Crippen molar-refractivity contribution in [2.24, 2.45) is 0 Å². The lowest BCUT2D eigenvalue weighted by Crippen LogP contribution is -2.08. The molecular weight excluding hydrogens is 769 g/mol. The number of hydrogen-bond donors (Lipinski definition) is 0. The highest BCUT2D eigenvalue weighted by atomic mass is 32.1. The smallest absolute Gasteiger partial charge is 0.103 e. The Labute approximate surface area is 358 Å². The lowest BCUT2D eigenvalue weighted by Gasteiger charge is -2.23. The molecule has 0 fully saturated rings. The maximum absolute atomic E-state index is 2.51. The Morgan fingerprint density at radius 3 is 0.933 bits per heavy atom.